The van der Waals surface area contributed by atoms with E-state index < -0.39 is 14.6 Å². The second kappa shape index (κ2) is 14.2. The van der Waals surface area contributed by atoms with E-state index in [1.807, 2.05) is 133 Å². The monoisotopic (exact) mass is 933 g/mol. The van der Waals surface area contributed by atoms with E-state index in [0.29, 0.717) is 0 Å². The van der Waals surface area contributed by atoms with Crippen molar-refractivity contribution in [3.05, 3.63) is 157 Å². The van der Waals surface area contributed by atoms with Crippen LogP contribution in [0, 0.1) is 0 Å². The predicted octanol–water partition coefficient (Wildman–Crippen LogP) is 10.3. The molecule has 0 amide bonds. The fourth-order valence-corrected chi connectivity index (χ4v) is 13.6. The molecule has 0 aliphatic carbocycles. The van der Waals surface area contributed by atoms with Crippen LogP contribution in [0.4, 0.5) is 0 Å². The summed E-state index contributed by atoms with van der Waals surface area (Å²) in [4.78, 5) is 13.2. The number of halogens is 2. The van der Waals surface area contributed by atoms with E-state index >= 15 is 4.57 Å². The summed E-state index contributed by atoms with van der Waals surface area (Å²) in [7, 11) is -6.34. The SMILES string of the molecule is CC(C)(I)CC(c1cc([P+](O)(c2ccccc2)c2ccccc2)cc2c1oc1ccc(P(=O)(c3ccccc3)c3ccccc3)cc12)C(C)(C)I. The van der Waals surface area contributed by atoms with Crippen LogP contribution in [0.3, 0.4) is 0 Å². The molecule has 0 saturated carbocycles. The van der Waals surface area contributed by atoms with Crippen LogP contribution in [-0.2, 0) is 4.57 Å². The quantitative estimate of drug-likeness (QED) is 0.0845. The summed E-state index contributed by atoms with van der Waals surface area (Å²) in [5, 5.41) is 6.81. The molecular weight excluding hydrogens is 892 g/mol. The third-order valence-corrected chi connectivity index (χ3v) is 17.0. The van der Waals surface area contributed by atoms with Gasteiger partial charge in [0, 0.05) is 45.0 Å². The molecular formula is C44H41I2O3P2+. The Balaban J connectivity index is 1.58. The lowest BCUT2D eigenvalue weighted by molar-refractivity contribution is 0.483. The van der Waals surface area contributed by atoms with Crippen molar-refractivity contribution in [1.29, 1.82) is 0 Å². The van der Waals surface area contributed by atoms with E-state index in [-0.39, 0.29) is 12.8 Å². The van der Waals surface area contributed by atoms with Crippen LogP contribution in [0.2, 0.25) is 0 Å². The molecule has 0 aliphatic heterocycles. The van der Waals surface area contributed by atoms with Crippen LogP contribution in [0.1, 0.15) is 45.6 Å². The summed E-state index contributed by atoms with van der Waals surface area (Å²) in [5.41, 5.74) is 2.65. The summed E-state index contributed by atoms with van der Waals surface area (Å²) >= 11 is 5.14. The molecule has 0 bridgehead atoms. The van der Waals surface area contributed by atoms with Crippen LogP contribution in [0.5, 0.6) is 0 Å². The second-order valence-electron chi connectivity index (χ2n) is 14.3. The fraction of sp³-hybridized carbons (Fsp3) is 0.182. The zero-order valence-electron chi connectivity index (χ0n) is 29.1. The van der Waals surface area contributed by atoms with Gasteiger partial charge in [-0.25, -0.2) is 4.89 Å². The highest BCUT2D eigenvalue weighted by Gasteiger charge is 2.46. The molecule has 7 aromatic rings. The van der Waals surface area contributed by atoms with Gasteiger partial charge in [0.25, 0.3) is 0 Å². The smallest absolute Gasteiger partial charge is 0.238 e. The van der Waals surface area contributed by atoms with Gasteiger partial charge in [0.15, 0.2) is 7.14 Å². The van der Waals surface area contributed by atoms with Gasteiger partial charge in [-0.05, 0) is 61.0 Å². The molecule has 258 valence electrons. The Morgan fingerprint density at radius 1 is 0.627 bits per heavy atom. The van der Waals surface area contributed by atoms with Gasteiger partial charge in [0.1, 0.15) is 27.1 Å². The van der Waals surface area contributed by atoms with Crippen molar-refractivity contribution in [2.75, 3.05) is 0 Å². The molecule has 1 unspecified atom stereocenters. The summed E-state index contributed by atoms with van der Waals surface area (Å²) in [5.74, 6) is 0.104. The number of hydrogen-bond donors (Lipinski definition) is 1. The number of furan rings is 1. The highest BCUT2D eigenvalue weighted by atomic mass is 127. The molecule has 7 heteroatoms. The molecule has 7 rings (SSSR count). The number of benzene rings is 6. The highest BCUT2D eigenvalue weighted by Crippen LogP contribution is 2.54. The Hall–Kier alpha value is -2.80. The third kappa shape index (κ3) is 7.02. The Kier molecular flexibility index (Phi) is 10.2. The highest BCUT2D eigenvalue weighted by molar-refractivity contribution is 14.1. The summed E-state index contributed by atoms with van der Waals surface area (Å²) in [6.45, 7) is 9.12. The van der Waals surface area contributed by atoms with Crippen molar-refractivity contribution in [2.45, 2.75) is 46.9 Å². The largest absolute Gasteiger partial charge is 0.456 e. The van der Waals surface area contributed by atoms with E-state index in [4.69, 9.17) is 4.42 Å². The van der Waals surface area contributed by atoms with Gasteiger partial charge >= 0.3 is 0 Å². The molecule has 1 aromatic heterocycles. The van der Waals surface area contributed by atoms with E-state index in [1.165, 1.54) is 0 Å². The lowest BCUT2D eigenvalue weighted by Crippen LogP contribution is -2.32. The van der Waals surface area contributed by atoms with Crippen LogP contribution in [0.25, 0.3) is 21.9 Å². The van der Waals surface area contributed by atoms with Crippen molar-refractivity contribution in [3.63, 3.8) is 0 Å². The topological polar surface area (TPSA) is 50.4 Å². The Morgan fingerprint density at radius 2 is 1.12 bits per heavy atom. The molecule has 1 atom stereocenters. The summed E-state index contributed by atoms with van der Waals surface area (Å²) in [6.07, 6.45) is 0.912. The zero-order valence-corrected chi connectivity index (χ0v) is 35.2. The Morgan fingerprint density at radius 3 is 1.59 bits per heavy atom. The van der Waals surface area contributed by atoms with Crippen molar-refractivity contribution in [1.82, 2.24) is 0 Å². The Labute approximate surface area is 329 Å². The lowest BCUT2D eigenvalue weighted by Gasteiger charge is -2.34. The molecule has 0 saturated heterocycles. The van der Waals surface area contributed by atoms with E-state index in [2.05, 4.69) is 91.1 Å². The van der Waals surface area contributed by atoms with Crippen LogP contribution in [-0.4, -0.2) is 11.7 Å². The average molecular weight is 934 g/mol. The van der Waals surface area contributed by atoms with Crippen molar-refractivity contribution in [2.24, 2.45) is 0 Å². The molecule has 3 nitrogen and oxygen atoms in total. The van der Waals surface area contributed by atoms with Gasteiger partial charge in [0.2, 0.25) is 7.49 Å². The summed E-state index contributed by atoms with van der Waals surface area (Å²) in [6, 6.07) is 50.1. The molecule has 1 heterocycles. The lowest BCUT2D eigenvalue weighted by atomic mass is 9.81. The Bertz CT molecular complexity index is 2260. The first-order valence-electron chi connectivity index (χ1n) is 17.1. The van der Waals surface area contributed by atoms with Gasteiger partial charge in [-0.2, -0.15) is 0 Å². The minimum atomic E-state index is -3.25. The van der Waals surface area contributed by atoms with E-state index in [0.717, 1.165) is 65.8 Å². The third-order valence-electron chi connectivity index (χ3n) is 9.70. The minimum absolute atomic E-state index is 0.00863. The molecule has 0 spiro atoms. The molecule has 0 fully saturated rings. The minimum Gasteiger partial charge on any atom is -0.456 e. The van der Waals surface area contributed by atoms with Gasteiger partial charge in [-0.15, -0.1) is 0 Å². The standard InChI is InChI=1S/C44H41I2O3P2/c1-43(2,45)30-40(44(3,4)46)39-29-36(51(48,33-21-13-7-14-22-33)34-23-15-8-16-24-34)28-38-37-27-35(25-26-41(37)49-42(38)39)50(47,31-17-9-5-10-18-31)32-19-11-6-12-20-32/h5-29,40,48H,30H2,1-4H3/q+1. The van der Waals surface area contributed by atoms with Gasteiger partial charge in [-0.3, -0.25) is 0 Å². The molecule has 6 aromatic carbocycles. The number of rotatable bonds is 10. The summed E-state index contributed by atoms with van der Waals surface area (Å²) < 4.78 is 22.3. The maximum absolute atomic E-state index is 15.5. The zero-order chi connectivity index (χ0) is 36.0. The molecule has 0 aliphatic rings. The first-order valence-corrected chi connectivity index (χ1v) is 22.7. The average Bonchev–Trinajstić information content (AvgIpc) is 3.51. The van der Waals surface area contributed by atoms with Crippen LogP contribution in [0.15, 0.2) is 156 Å². The van der Waals surface area contributed by atoms with Gasteiger partial charge < -0.3 is 8.98 Å². The van der Waals surface area contributed by atoms with Gasteiger partial charge in [-0.1, -0.05) is 170 Å². The predicted molar refractivity (Wildman–Crippen MR) is 238 cm³/mol. The second-order valence-corrected chi connectivity index (χ2v) is 25.6. The van der Waals surface area contributed by atoms with Crippen molar-refractivity contribution >= 4 is 114 Å². The normalized spacial score (nSPS) is 13.5. The van der Waals surface area contributed by atoms with Crippen LogP contribution >= 0.6 is 59.8 Å². The van der Waals surface area contributed by atoms with Crippen LogP contribution < -0.4 is 31.8 Å². The molecule has 51 heavy (non-hydrogen) atoms. The molecule has 0 radical (unpaired) electrons. The number of alkyl halides is 2. The van der Waals surface area contributed by atoms with E-state index in [1.54, 1.807) is 0 Å². The number of fused-ring (bicyclic) bond motifs is 3. The maximum atomic E-state index is 15.5. The van der Waals surface area contributed by atoms with Crippen molar-refractivity contribution < 1.29 is 13.9 Å². The van der Waals surface area contributed by atoms with Gasteiger partial charge in [0.05, 0.1) is 0 Å². The van der Waals surface area contributed by atoms with E-state index in [9.17, 15) is 4.89 Å². The molecule has 1 N–H and O–H groups in total. The first-order chi connectivity index (χ1) is 24.3. The maximum Gasteiger partial charge on any atom is 0.238 e. The number of hydrogen-bond acceptors (Lipinski definition) is 3. The fourth-order valence-electron chi connectivity index (χ4n) is 7.18. The van der Waals surface area contributed by atoms with Crippen molar-refractivity contribution in [3.8, 4) is 0 Å². The first kappa shape index (κ1) is 36.6.